The Morgan fingerprint density at radius 1 is 1.37 bits per heavy atom. The minimum atomic E-state index is -3.99. The maximum atomic E-state index is 12.4. The highest BCUT2D eigenvalue weighted by atomic mass is 32.2. The minimum Gasteiger partial charge on any atom is -0.478 e. The molecule has 7 heteroatoms. The van der Waals surface area contributed by atoms with Gasteiger partial charge in [0, 0.05) is 6.54 Å². The number of hydroxylamine groups is 1. The SMILES string of the molecule is CON(CC(C)C)S(=O)(=O)c1ccccc1C(=O)O. The molecule has 0 aliphatic carbocycles. The van der Waals surface area contributed by atoms with Crippen molar-refractivity contribution < 1.29 is 23.2 Å². The lowest BCUT2D eigenvalue weighted by Gasteiger charge is -2.21. The maximum Gasteiger partial charge on any atom is 0.337 e. The lowest BCUT2D eigenvalue weighted by molar-refractivity contribution is -0.0558. The molecule has 0 saturated carbocycles. The van der Waals surface area contributed by atoms with Crippen LogP contribution < -0.4 is 0 Å². The third kappa shape index (κ3) is 3.52. The van der Waals surface area contributed by atoms with E-state index in [0.29, 0.717) is 0 Å². The van der Waals surface area contributed by atoms with E-state index in [1.807, 2.05) is 13.8 Å². The molecule has 0 bridgehead atoms. The number of carbonyl (C=O) groups is 1. The summed E-state index contributed by atoms with van der Waals surface area (Å²) in [5.41, 5.74) is -0.270. The van der Waals surface area contributed by atoms with Gasteiger partial charge in [-0.25, -0.2) is 13.2 Å². The summed E-state index contributed by atoms with van der Waals surface area (Å²) in [4.78, 5) is 15.7. The van der Waals surface area contributed by atoms with Crippen LogP contribution in [0.2, 0.25) is 0 Å². The van der Waals surface area contributed by atoms with Crippen molar-refractivity contribution in [3.8, 4) is 0 Å². The third-order valence-corrected chi connectivity index (χ3v) is 4.13. The Bertz CT molecular complexity index is 553. The highest BCUT2D eigenvalue weighted by Gasteiger charge is 2.29. The normalized spacial score (nSPS) is 12.1. The van der Waals surface area contributed by atoms with E-state index in [4.69, 9.17) is 9.94 Å². The lowest BCUT2D eigenvalue weighted by atomic mass is 10.2. The summed E-state index contributed by atoms with van der Waals surface area (Å²) in [6.07, 6.45) is 0. The zero-order valence-electron chi connectivity index (χ0n) is 11.0. The summed E-state index contributed by atoms with van der Waals surface area (Å²) in [7, 11) is -2.75. The Morgan fingerprint density at radius 3 is 2.42 bits per heavy atom. The number of hydrogen-bond acceptors (Lipinski definition) is 4. The quantitative estimate of drug-likeness (QED) is 0.803. The summed E-state index contributed by atoms with van der Waals surface area (Å²) in [5, 5.41) is 9.04. The van der Waals surface area contributed by atoms with E-state index in [9.17, 15) is 13.2 Å². The number of nitrogens with zero attached hydrogens (tertiary/aromatic N) is 1. The van der Waals surface area contributed by atoms with Crippen molar-refractivity contribution in [2.75, 3.05) is 13.7 Å². The van der Waals surface area contributed by atoms with Gasteiger partial charge < -0.3 is 5.11 Å². The van der Waals surface area contributed by atoms with E-state index >= 15 is 0 Å². The molecule has 1 aromatic carbocycles. The Kier molecular flexibility index (Phi) is 5.04. The van der Waals surface area contributed by atoms with Gasteiger partial charge in [-0.15, -0.1) is 0 Å². The molecule has 0 fully saturated rings. The molecule has 1 rings (SSSR count). The fourth-order valence-electron chi connectivity index (χ4n) is 1.55. The second-order valence-corrected chi connectivity index (χ2v) is 6.17. The molecule has 0 aromatic heterocycles. The van der Waals surface area contributed by atoms with Crippen molar-refractivity contribution in [1.29, 1.82) is 0 Å². The van der Waals surface area contributed by atoms with Crippen LogP contribution in [0, 0.1) is 5.92 Å². The number of rotatable bonds is 6. The molecule has 0 heterocycles. The van der Waals surface area contributed by atoms with Gasteiger partial charge in [0.05, 0.1) is 17.6 Å². The van der Waals surface area contributed by atoms with Crippen molar-refractivity contribution in [3.05, 3.63) is 29.8 Å². The molecule has 1 N–H and O–H groups in total. The molecule has 0 aliphatic heterocycles. The van der Waals surface area contributed by atoms with E-state index in [-0.39, 0.29) is 22.9 Å². The van der Waals surface area contributed by atoms with E-state index in [2.05, 4.69) is 0 Å². The topological polar surface area (TPSA) is 83.9 Å². The summed E-state index contributed by atoms with van der Waals surface area (Å²) in [6.45, 7) is 3.82. The summed E-state index contributed by atoms with van der Waals surface area (Å²) >= 11 is 0. The zero-order chi connectivity index (χ0) is 14.6. The largest absolute Gasteiger partial charge is 0.478 e. The van der Waals surface area contributed by atoms with Gasteiger partial charge in [0.1, 0.15) is 0 Å². The van der Waals surface area contributed by atoms with Crippen LogP contribution in [0.4, 0.5) is 0 Å². The first-order valence-electron chi connectivity index (χ1n) is 5.70. The molecule has 0 atom stereocenters. The number of aromatic carboxylic acids is 1. The number of carboxylic acid groups (broad SMARTS) is 1. The number of sulfonamides is 1. The molecule has 0 aliphatic rings. The van der Waals surface area contributed by atoms with Crippen molar-refractivity contribution in [2.45, 2.75) is 18.7 Å². The molecule has 0 amide bonds. The van der Waals surface area contributed by atoms with Crippen LogP contribution in [0.1, 0.15) is 24.2 Å². The maximum absolute atomic E-state index is 12.4. The molecule has 0 saturated heterocycles. The summed E-state index contributed by atoms with van der Waals surface area (Å²) in [5.74, 6) is -1.24. The van der Waals surface area contributed by atoms with E-state index < -0.39 is 16.0 Å². The smallest absolute Gasteiger partial charge is 0.337 e. The van der Waals surface area contributed by atoms with Crippen LogP contribution in [-0.2, 0) is 14.9 Å². The fourth-order valence-corrected chi connectivity index (χ4v) is 3.14. The van der Waals surface area contributed by atoms with Gasteiger partial charge in [-0.1, -0.05) is 30.4 Å². The second-order valence-electron chi connectivity index (χ2n) is 4.37. The summed E-state index contributed by atoms with van der Waals surface area (Å²) < 4.78 is 25.5. The van der Waals surface area contributed by atoms with Gasteiger partial charge in [-0.05, 0) is 18.1 Å². The van der Waals surface area contributed by atoms with Crippen LogP contribution in [0.25, 0.3) is 0 Å². The van der Waals surface area contributed by atoms with Crippen molar-refractivity contribution in [3.63, 3.8) is 0 Å². The molecule has 19 heavy (non-hydrogen) atoms. The van der Waals surface area contributed by atoms with Crippen molar-refractivity contribution in [2.24, 2.45) is 5.92 Å². The molecule has 1 aromatic rings. The minimum absolute atomic E-state index is 0.0479. The Balaban J connectivity index is 3.30. The van der Waals surface area contributed by atoms with Gasteiger partial charge in [-0.2, -0.15) is 0 Å². The number of benzene rings is 1. The van der Waals surface area contributed by atoms with Crippen LogP contribution in [-0.4, -0.2) is 37.6 Å². The van der Waals surface area contributed by atoms with Crippen LogP contribution in [0.15, 0.2) is 29.2 Å². The molecular weight excluding hydrogens is 270 g/mol. The van der Waals surface area contributed by atoms with Crippen LogP contribution in [0.5, 0.6) is 0 Å². The fraction of sp³-hybridized carbons (Fsp3) is 0.417. The molecule has 0 spiro atoms. The first-order chi connectivity index (χ1) is 8.80. The Hall–Kier alpha value is -1.44. The number of hydrogen-bond donors (Lipinski definition) is 1. The molecule has 106 valence electrons. The zero-order valence-corrected chi connectivity index (χ0v) is 11.8. The van der Waals surface area contributed by atoms with Crippen LogP contribution in [0.3, 0.4) is 0 Å². The summed E-state index contributed by atoms with van der Waals surface area (Å²) in [6, 6.07) is 5.45. The Labute approximate surface area is 112 Å². The van der Waals surface area contributed by atoms with E-state index in [1.54, 1.807) is 0 Å². The standard InChI is InChI=1S/C12H17NO5S/c1-9(2)8-13(18-3)19(16,17)11-7-5-4-6-10(11)12(14)15/h4-7,9H,8H2,1-3H3,(H,14,15). The van der Waals surface area contributed by atoms with Crippen molar-refractivity contribution >= 4 is 16.0 Å². The van der Waals surface area contributed by atoms with Gasteiger partial charge in [-0.3, -0.25) is 4.84 Å². The molecular formula is C12H17NO5S. The highest BCUT2D eigenvalue weighted by Crippen LogP contribution is 2.21. The average molecular weight is 287 g/mol. The van der Waals surface area contributed by atoms with Gasteiger partial charge in [0.15, 0.2) is 0 Å². The predicted octanol–water partition coefficient (Wildman–Crippen LogP) is 1.59. The Morgan fingerprint density at radius 2 is 1.95 bits per heavy atom. The first-order valence-corrected chi connectivity index (χ1v) is 7.14. The van der Waals surface area contributed by atoms with Gasteiger partial charge >= 0.3 is 5.97 Å². The molecule has 0 radical (unpaired) electrons. The number of carboxylic acids is 1. The predicted molar refractivity (Wildman–Crippen MR) is 69.1 cm³/mol. The third-order valence-electron chi connectivity index (χ3n) is 2.38. The lowest BCUT2D eigenvalue weighted by Crippen LogP contribution is -2.34. The molecule has 6 nitrogen and oxygen atoms in total. The van der Waals surface area contributed by atoms with Gasteiger partial charge in [0.25, 0.3) is 10.0 Å². The average Bonchev–Trinajstić information content (AvgIpc) is 2.35. The van der Waals surface area contributed by atoms with E-state index in [0.717, 1.165) is 4.47 Å². The van der Waals surface area contributed by atoms with E-state index in [1.165, 1.54) is 31.4 Å². The van der Waals surface area contributed by atoms with Gasteiger partial charge in [0.2, 0.25) is 0 Å². The second kappa shape index (κ2) is 6.14. The highest BCUT2D eigenvalue weighted by molar-refractivity contribution is 7.89. The first kappa shape index (κ1) is 15.6. The molecule has 0 unspecified atom stereocenters. The van der Waals surface area contributed by atoms with Crippen molar-refractivity contribution in [1.82, 2.24) is 4.47 Å². The monoisotopic (exact) mass is 287 g/mol. The van der Waals surface area contributed by atoms with Crippen LogP contribution >= 0.6 is 0 Å².